The molecule has 0 amide bonds. The second-order valence-electron chi connectivity index (χ2n) is 3.50. The fourth-order valence-electron chi connectivity index (χ4n) is 1.34. The number of carbonyl (C=O) groups is 2. The summed E-state index contributed by atoms with van der Waals surface area (Å²) in [5.74, 6) is 4.02. The van der Waals surface area contributed by atoms with Gasteiger partial charge in [-0.2, -0.15) is 5.90 Å². The van der Waals surface area contributed by atoms with Gasteiger partial charge in [0.25, 0.3) is 0 Å². The van der Waals surface area contributed by atoms with E-state index < -0.39 is 12.0 Å². The molecule has 0 saturated carbocycles. The van der Waals surface area contributed by atoms with Crippen LogP contribution in [0.3, 0.4) is 0 Å². The van der Waals surface area contributed by atoms with Gasteiger partial charge in [0.1, 0.15) is 6.04 Å². The van der Waals surface area contributed by atoms with Gasteiger partial charge in [0.05, 0.1) is 0 Å². The Morgan fingerprint density at radius 3 is 2.69 bits per heavy atom. The molecule has 86 valence electrons. The Hall–Kier alpha value is -1.72. The van der Waals surface area contributed by atoms with Crippen LogP contribution in [0.5, 0.6) is 0 Å². The zero-order chi connectivity index (χ0) is 12.1. The van der Waals surface area contributed by atoms with Crippen molar-refractivity contribution < 1.29 is 14.4 Å². The second kappa shape index (κ2) is 5.39. The van der Waals surface area contributed by atoms with Crippen LogP contribution in [0.2, 0.25) is 0 Å². The highest BCUT2D eigenvalue weighted by molar-refractivity contribution is 5.94. The lowest BCUT2D eigenvalue weighted by atomic mass is 10.0. The molecule has 0 spiro atoms. The highest BCUT2D eigenvalue weighted by Crippen LogP contribution is 2.08. The molecular weight excluding hydrogens is 208 g/mol. The van der Waals surface area contributed by atoms with Crippen LogP contribution in [0, 0.1) is 0 Å². The van der Waals surface area contributed by atoms with E-state index in [0.717, 1.165) is 5.56 Å². The molecule has 1 atom stereocenters. The normalized spacial score (nSPS) is 11.9. The van der Waals surface area contributed by atoms with Crippen molar-refractivity contribution in [2.24, 2.45) is 11.6 Å². The number of hydrogen-bond acceptors (Lipinski definition) is 5. The number of benzene rings is 1. The first-order valence-corrected chi connectivity index (χ1v) is 4.80. The molecule has 0 unspecified atom stereocenters. The van der Waals surface area contributed by atoms with Crippen molar-refractivity contribution in [2.75, 3.05) is 0 Å². The number of Topliss-reactive ketones (excluding diaryl/α,β-unsaturated/α-hetero) is 1. The average Bonchev–Trinajstić information content (AvgIpc) is 2.28. The summed E-state index contributed by atoms with van der Waals surface area (Å²) in [5, 5.41) is 0. The van der Waals surface area contributed by atoms with Crippen LogP contribution in [0.1, 0.15) is 22.8 Å². The van der Waals surface area contributed by atoms with Gasteiger partial charge in [-0.3, -0.25) is 4.79 Å². The number of ketones is 1. The van der Waals surface area contributed by atoms with Crippen molar-refractivity contribution >= 4 is 11.8 Å². The molecule has 0 aliphatic rings. The maximum absolute atomic E-state index is 11.1. The minimum Gasteiger partial charge on any atom is -0.372 e. The van der Waals surface area contributed by atoms with Gasteiger partial charge >= 0.3 is 5.97 Å². The molecule has 1 aromatic rings. The molecule has 0 aliphatic carbocycles. The molecular formula is C11H14N2O3. The molecule has 1 rings (SSSR count). The summed E-state index contributed by atoms with van der Waals surface area (Å²) >= 11 is 0. The third-order valence-corrected chi connectivity index (χ3v) is 2.21. The minimum atomic E-state index is -0.813. The Morgan fingerprint density at radius 2 is 2.12 bits per heavy atom. The van der Waals surface area contributed by atoms with E-state index >= 15 is 0 Å². The van der Waals surface area contributed by atoms with Gasteiger partial charge in [0.2, 0.25) is 0 Å². The first kappa shape index (κ1) is 12.4. The summed E-state index contributed by atoms with van der Waals surface area (Å²) in [5.41, 5.74) is 6.93. The maximum Gasteiger partial charge on any atom is 0.341 e. The third-order valence-electron chi connectivity index (χ3n) is 2.21. The molecule has 0 bridgehead atoms. The van der Waals surface area contributed by atoms with Crippen molar-refractivity contribution in [1.82, 2.24) is 0 Å². The summed E-state index contributed by atoms with van der Waals surface area (Å²) in [6.45, 7) is 1.48. The second-order valence-corrected chi connectivity index (χ2v) is 3.50. The molecule has 0 radical (unpaired) electrons. The Kier molecular flexibility index (Phi) is 4.16. The molecule has 0 aliphatic heterocycles. The molecule has 0 aromatic heterocycles. The molecule has 0 heterocycles. The topological polar surface area (TPSA) is 95.4 Å². The summed E-state index contributed by atoms with van der Waals surface area (Å²) in [7, 11) is 0. The van der Waals surface area contributed by atoms with E-state index in [1.54, 1.807) is 24.3 Å². The Morgan fingerprint density at radius 1 is 1.44 bits per heavy atom. The molecule has 4 N–H and O–H groups in total. The van der Waals surface area contributed by atoms with Crippen molar-refractivity contribution in [3.8, 4) is 0 Å². The number of rotatable bonds is 4. The summed E-state index contributed by atoms with van der Waals surface area (Å²) in [6, 6.07) is 6.12. The van der Waals surface area contributed by atoms with Crippen LogP contribution in [-0.4, -0.2) is 17.8 Å². The van der Waals surface area contributed by atoms with E-state index in [9.17, 15) is 9.59 Å². The highest BCUT2D eigenvalue weighted by Gasteiger charge is 2.15. The zero-order valence-corrected chi connectivity index (χ0v) is 8.97. The van der Waals surface area contributed by atoms with Crippen molar-refractivity contribution in [2.45, 2.75) is 19.4 Å². The molecule has 0 fully saturated rings. The van der Waals surface area contributed by atoms with Gasteiger partial charge < -0.3 is 10.6 Å². The predicted molar refractivity (Wildman–Crippen MR) is 58.4 cm³/mol. The summed E-state index contributed by atoms with van der Waals surface area (Å²) in [4.78, 5) is 26.2. The standard InChI is InChI=1S/C11H14N2O3/c1-7(14)9-4-2-3-8(5-9)6-10(12)11(15)16-13/h2-5,10H,6,12-13H2,1H3/t10-/m0/s1. The van der Waals surface area contributed by atoms with Gasteiger partial charge in [-0.1, -0.05) is 18.2 Å². The average molecular weight is 222 g/mol. The monoisotopic (exact) mass is 222 g/mol. The van der Waals surface area contributed by atoms with Crippen LogP contribution >= 0.6 is 0 Å². The first-order chi connectivity index (χ1) is 7.54. The molecule has 5 nitrogen and oxygen atoms in total. The largest absolute Gasteiger partial charge is 0.372 e. The van der Waals surface area contributed by atoms with Crippen LogP contribution in [0.25, 0.3) is 0 Å². The SMILES string of the molecule is CC(=O)c1cccc(C[C@H](N)C(=O)ON)c1. The molecule has 0 saturated heterocycles. The van der Waals surface area contributed by atoms with Crippen LogP contribution in [-0.2, 0) is 16.1 Å². The fourth-order valence-corrected chi connectivity index (χ4v) is 1.34. The van der Waals surface area contributed by atoms with Crippen LogP contribution in [0.15, 0.2) is 24.3 Å². The molecule has 16 heavy (non-hydrogen) atoms. The predicted octanol–water partition coefficient (Wildman–Crippen LogP) is 0.176. The van der Waals surface area contributed by atoms with E-state index in [2.05, 4.69) is 4.84 Å². The lowest BCUT2D eigenvalue weighted by molar-refractivity contribution is -0.145. The van der Waals surface area contributed by atoms with Crippen molar-refractivity contribution in [3.63, 3.8) is 0 Å². The number of carbonyl (C=O) groups excluding carboxylic acids is 2. The summed E-state index contributed by atoms with van der Waals surface area (Å²) in [6.07, 6.45) is 0.289. The summed E-state index contributed by atoms with van der Waals surface area (Å²) < 4.78 is 0. The van der Waals surface area contributed by atoms with E-state index in [1.807, 2.05) is 0 Å². The fraction of sp³-hybridized carbons (Fsp3) is 0.273. The van der Waals surface area contributed by atoms with Gasteiger partial charge in [0, 0.05) is 5.56 Å². The van der Waals surface area contributed by atoms with Gasteiger partial charge in [-0.05, 0) is 25.0 Å². The maximum atomic E-state index is 11.1. The van der Waals surface area contributed by atoms with E-state index in [4.69, 9.17) is 11.6 Å². The van der Waals surface area contributed by atoms with Crippen LogP contribution < -0.4 is 11.6 Å². The smallest absolute Gasteiger partial charge is 0.341 e. The van der Waals surface area contributed by atoms with E-state index in [-0.39, 0.29) is 12.2 Å². The number of hydrogen-bond donors (Lipinski definition) is 2. The zero-order valence-electron chi connectivity index (χ0n) is 8.97. The lowest BCUT2D eigenvalue weighted by Crippen LogP contribution is -2.35. The molecule has 5 heteroatoms. The minimum absolute atomic E-state index is 0.0307. The lowest BCUT2D eigenvalue weighted by Gasteiger charge is -2.08. The quantitative estimate of drug-likeness (QED) is 0.559. The first-order valence-electron chi connectivity index (χ1n) is 4.80. The third kappa shape index (κ3) is 3.15. The highest BCUT2D eigenvalue weighted by atomic mass is 16.7. The van der Waals surface area contributed by atoms with E-state index in [0.29, 0.717) is 5.56 Å². The van der Waals surface area contributed by atoms with Gasteiger partial charge in [0.15, 0.2) is 5.78 Å². The van der Waals surface area contributed by atoms with Crippen molar-refractivity contribution in [3.05, 3.63) is 35.4 Å². The Labute approximate surface area is 93.3 Å². The van der Waals surface area contributed by atoms with Gasteiger partial charge in [-0.15, -0.1) is 0 Å². The molecule has 1 aromatic carbocycles. The Bertz CT molecular complexity index is 404. The van der Waals surface area contributed by atoms with Crippen molar-refractivity contribution in [1.29, 1.82) is 0 Å². The number of nitrogens with two attached hydrogens (primary N) is 2. The van der Waals surface area contributed by atoms with E-state index in [1.165, 1.54) is 6.92 Å². The van der Waals surface area contributed by atoms with Crippen LogP contribution in [0.4, 0.5) is 0 Å². The Balaban J connectivity index is 2.78. The van der Waals surface area contributed by atoms with Gasteiger partial charge in [-0.25, -0.2) is 4.79 Å².